The number of rotatable bonds is 3. The van der Waals surface area contributed by atoms with Crippen LogP contribution in [0, 0.1) is 6.92 Å². The largest absolute Gasteiger partial charge is 0.288 e. The molecular weight excluding hydrogens is 321 g/mol. The van der Waals surface area contributed by atoms with Crippen LogP contribution in [-0.4, -0.2) is 21.2 Å². The lowest BCUT2D eigenvalue weighted by atomic mass is 10.0. The number of halogens is 2. The molecule has 4 nitrogen and oxygen atoms in total. The number of benzene rings is 1. The Morgan fingerprint density at radius 2 is 2.00 bits per heavy atom. The first-order valence-corrected chi connectivity index (χ1v) is 8.03. The number of aryl methyl sites for hydroxylation is 1. The smallest absolute Gasteiger partial charge is 0.277 e. The van der Waals surface area contributed by atoms with E-state index in [1.165, 1.54) is 22.0 Å². The second-order valence-corrected chi connectivity index (χ2v) is 6.42. The topological polar surface area (TPSA) is 38.1 Å². The highest BCUT2D eigenvalue weighted by molar-refractivity contribution is 6.41. The number of likely N-dealkylation sites (tertiary alicyclic amines) is 1. The lowest BCUT2D eigenvalue weighted by molar-refractivity contribution is 0.187. The molecule has 2 heterocycles. The maximum atomic E-state index is 12.1. The van der Waals surface area contributed by atoms with Gasteiger partial charge in [-0.1, -0.05) is 53.0 Å². The molecule has 22 heavy (non-hydrogen) atoms. The van der Waals surface area contributed by atoms with Crippen molar-refractivity contribution >= 4 is 23.2 Å². The Bertz CT molecular complexity index is 727. The Labute approximate surface area is 139 Å². The van der Waals surface area contributed by atoms with Crippen LogP contribution in [0.2, 0.25) is 10.0 Å². The molecular formula is C16H17Cl2N3O. The third-order valence-corrected chi connectivity index (χ3v) is 4.83. The average Bonchev–Trinajstić information content (AvgIpc) is 2.97. The van der Waals surface area contributed by atoms with E-state index in [4.69, 9.17) is 23.2 Å². The summed E-state index contributed by atoms with van der Waals surface area (Å²) in [4.78, 5) is 14.4. The van der Waals surface area contributed by atoms with E-state index in [9.17, 15) is 4.79 Å². The van der Waals surface area contributed by atoms with Gasteiger partial charge < -0.3 is 0 Å². The van der Waals surface area contributed by atoms with E-state index in [1.807, 2.05) is 0 Å². The molecule has 116 valence electrons. The van der Waals surface area contributed by atoms with Crippen molar-refractivity contribution < 1.29 is 0 Å². The molecule has 1 aliphatic rings. The van der Waals surface area contributed by atoms with Gasteiger partial charge in [0.25, 0.3) is 5.56 Å². The minimum absolute atomic E-state index is 0.0303. The molecule has 0 saturated carbocycles. The fourth-order valence-electron chi connectivity index (χ4n) is 2.88. The Morgan fingerprint density at radius 1 is 1.27 bits per heavy atom. The fraction of sp³-hybridized carbons (Fsp3) is 0.375. The Balaban J connectivity index is 1.84. The number of nitrogens with zero attached hydrogens (tertiary/aromatic N) is 3. The summed E-state index contributed by atoms with van der Waals surface area (Å²) < 4.78 is 1.38. The van der Waals surface area contributed by atoms with Crippen LogP contribution >= 0.6 is 23.2 Å². The molecule has 1 aromatic carbocycles. The zero-order chi connectivity index (χ0) is 15.7. The maximum absolute atomic E-state index is 12.1. The van der Waals surface area contributed by atoms with Crippen LogP contribution in [0.5, 0.6) is 0 Å². The van der Waals surface area contributed by atoms with Gasteiger partial charge in [0, 0.05) is 12.6 Å². The lowest BCUT2D eigenvalue weighted by Gasteiger charge is -2.25. The van der Waals surface area contributed by atoms with E-state index in [0.717, 1.165) is 19.4 Å². The summed E-state index contributed by atoms with van der Waals surface area (Å²) in [5, 5.41) is 4.31. The van der Waals surface area contributed by atoms with Gasteiger partial charge in [0.05, 0.1) is 17.9 Å². The Hall–Kier alpha value is -1.36. The quantitative estimate of drug-likeness (QED) is 0.857. The third kappa shape index (κ3) is 3.05. The van der Waals surface area contributed by atoms with Crippen LogP contribution in [0.15, 0.2) is 35.3 Å². The van der Waals surface area contributed by atoms with Crippen LogP contribution in [0.4, 0.5) is 0 Å². The van der Waals surface area contributed by atoms with E-state index >= 15 is 0 Å². The first-order valence-electron chi connectivity index (χ1n) is 7.28. The van der Waals surface area contributed by atoms with E-state index < -0.39 is 0 Å². The number of hydrogen-bond acceptors (Lipinski definition) is 3. The van der Waals surface area contributed by atoms with Crippen molar-refractivity contribution in [3.05, 3.63) is 62.0 Å². The lowest BCUT2D eigenvalue weighted by Crippen LogP contribution is -2.33. The molecule has 3 rings (SSSR count). The maximum Gasteiger partial charge on any atom is 0.288 e. The van der Waals surface area contributed by atoms with Gasteiger partial charge in [0.1, 0.15) is 5.02 Å². The molecule has 0 bridgehead atoms. The van der Waals surface area contributed by atoms with Crippen LogP contribution in [0.1, 0.15) is 30.0 Å². The van der Waals surface area contributed by atoms with Gasteiger partial charge >= 0.3 is 0 Å². The number of aromatic nitrogens is 2. The Kier molecular flexibility index (Phi) is 4.52. The highest BCUT2D eigenvalue weighted by atomic mass is 35.5. The van der Waals surface area contributed by atoms with Crippen molar-refractivity contribution in [1.29, 1.82) is 0 Å². The van der Waals surface area contributed by atoms with E-state index in [0.29, 0.717) is 12.7 Å². The van der Waals surface area contributed by atoms with Gasteiger partial charge in [0.15, 0.2) is 0 Å². The molecule has 1 atom stereocenters. The van der Waals surface area contributed by atoms with Gasteiger partial charge in [-0.25, -0.2) is 4.68 Å². The summed E-state index contributed by atoms with van der Waals surface area (Å²) in [7, 11) is 0. The van der Waals surface area contributed by atoms with E-state index in [-0.39, 0.29) is 15.6 Å². The standard InChI is InChI=1S/C16H17Cl2N3O/c1-11-4-6-12(7-5-11)14-3-2-8-20(14)10-21-16(22)15(18)13(17)9-19-21/h4-7,9,14H,2-3,8,10H2,1H3. The van der Waals surface area contributed by atoms with Crippen molar-refractivity contribution in [2.45, 2.75) is 32.5 Å². The summed E-state index contributed by atoms with van der Waals surface area (Å²) in [6.07, 6.45) is 3.61. The summed E-state index contributed by atoms with van der Waals surface area (Å²) in [5.74, 6) is 0. The summed E-state index contributed by atoms with van der Waals surface area (Å²) in [5.41, 5.74) is 2.18. The molecule has 0 amide bonds. The fourth-order valence-corrected chi connectivity index (χ4v) is 3.15. The van der Waals surface area contributed by atoms with Crippen LogP contribution in [-0.2, 0) is 6.67 Å². The van der Waals surface area contributed by atoms with Crippen LogP contribution < -0.4 is 5.56 Å². The second-order valence-electron chi connectivity index (χ2n) is 5.63. The summed E-state index contributed by atoms with van der Waals surface area (Å²) >= 11 is 11.7. The molecule has 2 aromatic rings. The molecule has 1 saturated heterocycles. The zero-order valence-corrected chi connectivity index (χ0v) is 13.8. The van der Waals surface area contributed by atoms with Crippen molar-refractivity contribution in [3.8, 4) is 0 Å². The van der Waals surface area contributed by atoms with E-state index in [2.05, 4.69) is 41.2 Å². The highest BCUT2D eigenvalue weighted by Gasteiger charge is 2.26. The summed E-state index contributed by atoms with van der Waals surface area (Å²) in [6, 6.07) is 8.86. The molecule has 6 heteroatoms. The molecule has 1 unspecified atom stereocenters. The average molecular weight is 338 g/mol. The molecule has 0 radical (unpaired) electrons. The first-order chi connectivity index (χ1) is 10.6. The van der Waals surface area contributed by atoms with Gasteiger partial charge in [0.2, 0.25) is 0 Å². The second kappa shape index (κ2) is 6.41. The zero-order valence-electron chi connectivity index (χ0n) is 12.3. The minimum atomic E-state index is -0.344. The predicted molar refractivity (Wildman–Crippen MR) is 88.4 cm³/mol. The first kappa shape index (κ1) is 15.5. The van der Waals surface area contributed by atoms with Gasteiger partial charge in [-0.2, -0.15) is 5.10 Å². The van der Waals surface area contributed by atoms with Crippen molar-refractivity contribution in [2.24, 2.45) is 0 Å². The van der Waals surface area contributed by atoms with Crippen LogP contribution in [0.3, 0.4) is 0 Å². The van der Waals surface area contributed by atoms with Gasteiger partial charge in [-0.3, -0.25) is 9.69 Å². The molecule has 0 aliphatic carbocycles. The molecule has 1 aliphatic heterocycles. The normalized spacial score (nSPS) is 18.8. The SMILES string of the molecule is Cc1ccc(C2CCCN2Cn2ncc(Cl)c(Cl)c2=O)cc1. The molecule has 1 aromatic heterocycles. The van der Waals surface area contributed by atoms with Crippen molar-refractivity contribution in [1.82, 2.24) is 14.7 Å². The van der Waals surface area contributed by atoms with Gasteiger partial charge in [-0.05, 0) is 25.3 Å². The number of hydrogen-bond donors (Lipinski definition) is 0. The Morgan fingerprint density at radius 3 is 2.73 bits per heavy atom. The van der Waals surface area contributed by atoms with E-state index in [1.54, 1.807) is 0 Å². The van der Waals surface area contributed by atoms with Gasteiger partial charge in [-0.15, -0.1) is 0 Å². The predicted octanol–water partition coefficient (Wildman–Crippen LogP) is 3.65. The molecule has 1 fully saturated rings. The van der Waals surface area contributed by atoms with Crippen molar-refractivity contribution in [2.75, 3.05) is 6.54 Å². The monoisotopic (exact) mass is 337 g/mol. The van der Waals surface area contributed by atoms with Crippen LogP contribution in [0.25, 0.3) is 0 Å². The molecule has 0 N–H and O–H groups in total. The molecule has 0 spiro atoms. The minimum Gasteiger partial charge on any atom is -0.277 e. The third-order valence-electron chi connectivity index (χ3n) is 4.08. The summed E-state index contributed by atoms with van der Waals surface area (Å²) in [6.45, 7) is 3.44. The highest BCUT2D eigenvalue weighted by Crippen LogP contribution is 2.32. The van der Waals surface area contributed by atoms with Crippen molar-refractivity contribution in [3.63, 3.8) is 0 Å².